The molecule has 2 rings (SSSR count). The summed E-state index contributed by atoms with van der Waals surface area (Å²) in [5.74, 6) is 0. The molecule has 0 bridgehead atoms. The fraction of sp³-hybridized carbons (Fsp3) is 0.909. The Bertz CT molecular complexity index is 256. The van der Waals surface area contributed by atoms with Crippen LogP contribution in [0.5, 0.6) is 0 Å². The average Bonchev–Trinajstić information content (AvgIpc) is 2.62. The van der Waals surface area contributed by atoms with E-state index in [2.05, 4.69) is 23.6 Å². The van der Waals surface area contributed by atoms with Gasteiger partial charge in [-0.15, -0.1) is 0 Å². The standard InChI is InChI=1S/C11H21N3S/c1-8-6-13-5-3-4-10(13)7-14(8)9(2)11(12)15/h8-10H,3-7H2,1-2H3,(H2,12,15). The Morgan fingerprint density at radius 2 is 2.20 bits per heavy atom. The topological polar surface area (TPSA) is 32.5 Å². The minimum Gasteiger partial charge on any atom is -0.392 e. The summed E-state index contributed by atoms with van der Waals surface area (Å²) in [4.78, 5) is 5.72. The van der Waals surface area contributed by atoms with E-state index in [-0.39, 0.29) is 6.04 Å². The summed E-state index contributed by atoms with van der Waals surface area (Å²) < 4.78 is 0. The zero-order valence-corrected chi connectivity index (χ0v) is 10.5. The van der Waals surface area contributed by atoms with Gasteiger partial charge >= 0.3 is 0 Å². The van der Waals surface area contributed by atoms with E-state index in [4.69, 9.17) is 18.0 Å². The summed E-state index contributed by atoms with van der Waals surface area (Å²) >= 11 is 5.09. The van der Waals surface area contributed by atoms with Gasteiger partial charge in [0.2, 0.25) is 0 Å². The molecule has 3 nitrogen and oxygen atoms in total. The van der Waals surface area contributed by atoms with Gasteiger partial charge in [0.25, 0.3) is 0 Å². The molecule has 3 atom stereocenters. The number of piperazine rings is 1. The van der Waals surface area contributed by atoms with Crippen LogP contribution in [0.1, 0.15) is 26.7 Å². The van der Waals surface area contributed by atoms with Crippen LogP contribution in [0, 0.1) is 0 Å². The Balaban J connectivity index is 2.03. The van der Waals surface area contributed by atoms with E-state index in [1.54, 1.807) is 0 Å². The average molecular weight is 227 g/mol. The van der Waals surface area contributed by atoms with E-state index in [0.29, 0.717) is 11.0 Å². The molecule has 2 aliphatic rings. The summed E-state index contributed by atoms with van der Waals surface area (Å²) in [6.07, 6.45) is 2.69. The van der Waals surface area contributed by atoms with Crippen LogP contribution in [0.25, 0.3) is 0 Å². The Morgan fingerprint density at radius 1 is 1.47 bits per heavy atom. The van der Waals surface area contributed by atoms with Gasteiger partial charge in [-0.25, -0.2) is 0 Å². The number of nitrogens with zero attached hydrogens (tertiary/aromatic N) is 2. The molecule has 2 N–H and O–H groups in total. The lowest BCUT2D eigenvalue weighted by Gasteiger charge is -2.44. The number of fused-ring (bicyclic) bond motifs is 1. The Labute approximate surface area is 97.6 Å². The first-order chi connectivity index (χ1) is 7.09. The second-order valence-corrected chi connectivity index (χ2v) is 5.39. The van der Waals surface area contributed by atoms with Crippen molar-refractivity contribution in [3.8, 4) is 0 Å². The quantitative estimate of drug-likeness (QED) is 0.708. The lowest BCUT2D eigenvalue weighted by atomic mass is 10.1. The van der Waals surface area contributed by atoms with Gasteiger partial charge in [-0.3, -0.25) is 9.80 Å². The molecule has 86 valence electrons. The fourth-order valence-electron chi connectivity index (χ4n) is 2.91. The van der Waals surface area contributed by atoms with Crippen LogP contribution in [0.15, 0.2) is 0 Å². The third-order valence-corrected chi connectivity index (χ3v) is 4.24. The molecular weight excluding hydrogens is 206 g/mol. The molecule has 15 heavy (non-hydrogen) atoms. The molecule has 0 aromatic rings. The lowest BCUT2D eigenvalue weighted by molar-refractivity contribution is 0.0505. The molecule has 0 spiro atoms. The van der Waals surface area contributed by atoms with Gasteiger partial charge in [-0.05, 0) is 33.2 Å². The van der Waals surface area contributed by atoms with E-state index >= 15 is 0 Å². The van der Waals surface area contributed by atoms with Crippen molar-refractivity contribution in [2.24, 2.45) is 5.73 Å². The van der Waals surface area contributed by atoms with Crippen molar-refractivity contribution in [3.05, 3.63) is 0 Å². The second kappa shape index (κ2) is 4.36. The number of hydrogen-bond acceptors (Lipinski definition) is 3. The first-order valence-corrected chi connectivity index (χ1v) is 6.29. The predicted octanol–water partition coefficient (Wildman–Crippen LogP) is 0.830. The van der Waals surface area contributed by atoms with Crippen molar-refractivity contribution in [2.75, 3.05) is 19.6 Å². The highest BCUT2D eigenvalue weighted by Gasteiger charge is 2.36. The smallest absolute Gasteiger partial charge is 0.0899 e. The first kappa shape index (κ1) is 11.3. The number of rotatable bonds is 2. The maximum Gasteiger partial charge on any atom is 0.0899 e. The molecule has 2 saturated heterocycles. The van der Waals surface area contributed by atoms with Gasteiger partial charge in [0, 0.05) is 25.2 Å². The number of hydrogen-bond donors (Lipinski definition) is 1. The highest BCUT2D eigenvalue weighted by atomic mass is 32.1. The van der Waals surface area contributed by atoms with Crippen molar-refractivity contribution < 1.29 is 0 Å². The van der Waals surface area contributed by atoms with Gasteiger partial charge in [0.1, 0.15) is 0 Å². The minimum atomic E-state index is 0.248. The Morgan fingerprint density at radius 3 is 2.87 bits per heavy atom. The summed E-state index contributed by atoms with van der Waals surface area (Å²) in [5, 5.41) is 0. The molecule has 2 fully saturated rings. The Kier molecular flexibility index (Phi) is 3.28. The molecule has 2 aliphatic heterocycles. The van der Waals surface area contributed by atoms with Crippen LogP contribution in [-0.2, 0) is 0 Å². The SMILES string of the molecule is CC1CN2CCCC2CN1C(C)C(N)=S. The van der Waals surface area contributed by atoms with E-state index in [1.807, 2.05) is 0 Å². The second-order valence-electron chi connectivity index (χ2n) is 4.92. The number of thiocarbonyl (C=S) groups is 1. The van der Waals surface area contributed by atoms with Gasteiger partial charge in [-0.1, -0.05) is 12.2 Å². The van der Waals surface area contributed by atoms with Crippen LogP contribution < -0.4 is 5.73 Å². The van der Waals surface area contributed by atoms with Crippen molar-refractivity contribution in [2.45, 2.75) is 44.8 Å². The predicted molar refractivity (Wildman–Crippen MR) is 67.0 cm³/mol. The van der Waals surface area contributed by atoms with Gasteiger partial charge in [0.15, 0.2) is 0 Å². The maximum atomic E-state index is 5.74. The zero-order chi connectivity index (χ0) is 11.0. The summed E-state index contributed by atoms with van der Waals surface area (Å²) in [6.45, 7) is 8.01. The fourth-order valence-corrected chi connectivity index (χ4v) is 3.05. The van der Waals surface area contributed by atoms with Crippen molar-refractivity contribution in [1.29, 1.82) is 0 Å². The maximum absolute atomic E-state index is 5.74. The molecule has 3 unspecified atom stereocenters. The summed E-state index contributed by atoms with van der Waals surface area (Å²) in [6, 6.07) is 1.58. The molecule has 0 aliphatic carbocycles. The molecule has 0 aromatic carbocycles. The molecule has 4 heteroatoms. The molecule has 0 radical (unpaired) electrons. The van der Waals surface area contributed by atoms with E-state index < -0.39 is 0 Å². The van der Waals surface area contributed by atoms with Crippen LogP contribution in [0.3, 0.4) is 0 Å². The summed E-state index contributed by atoms with van der Waals surface area (Å²) in [5.41, 5.74) is 5.74. The van der Waals surface area contributed by atoms with Crippen molar-refractivity contribution >= 4 is 17.2 Å². The van der Waals surface area contributed by atoms with Gasteiger partial charge in [0.05, 0.1) is 11.0 Å². The summed E-state index contributed by atoms with van der Waals surface area (Å²) in [7, 11) is 0. The third kappa shape index (κ3) is 2.17. The molecule has 2 heterocycles. The highest BCUT2D eigenvalue weighted by Crippen LogP contribution is 2.25. The van der Waals surface area contributed by atoms with E-state index in [0.717, 1.165) is 12.6 Å². The van der Waals surface area contributed by atoms with Crippen molar-refractivity contribution in [3.63, 3.8) is 0 Å². The van der Waals surface area contributed by atoms with Crippen LogP contribution >= 0.6 is 12.2 Å². The number of nitrogens with two attached hydrogens (primary N) is 1. The monoisotopic (exact) mass is 227 g/mol. The zero-order valence-electron chi connectivity index (χ0n) is 9.65. The minimum absolute atomic E-state index is 0.248. The van der Waals surface area contributed by atoms with Crippen LogP contribution in [-0.4, -0.2) is 52.5 Å². The van der Waals surface area contributed by atoms with E-state index in [1.165, 1.54) is 25.9 Å². The van der Waals surface area contributed by atoms with Gasteiger partial charge < -0.3 is 5.73 Å². The molecule has 0 aromatic heterocycles. The molecular formula is C11H21N3S. The molecule has 0 amide bonds. The van der Waals surface area contributed by atoms with Crippen LogP contribution in [0.2, 0.25) is 0 Å². The van der Waals surface area contributed by atoms with E-state index in [9.17, 15) is 0 Å². The largest absolute Gasteiger partial charge is 0.392 e. The highest BCUT2D eigenvalue weighted by molar-refractivity contribution is 7.80. The van der Waals surface area contributed by atoms with Crippen molar-refractivity contribution in [1.82, 2.24) is 9.80 Å². The van der Waals surface area contributed by atoms with Crippen LogP contribution in [0.4, 0.5) is 0 Å². The third-order valence-electron chi connectivity index (χ3n) is 3.89. The first-order valence-electron chi connectivity index (χ1n) is 5.88. The normalized spacial score (nSPS) is 35.1. The van der Waals surface area contributed by atoms with Gasteiger partial charge in [-0.2, -0.15) is 0 Å². The lowest BCUT2D eigenvalue weighted by Crippen LogP contribution is -2.59. The molecule has 0 saturated carbocycles. The Hall–Kier alpha value is -0.190.